The minimum atomic E-state index is 0.702. The van der Waals surface area contributed by atoms with E-state index in [4.69, 9.17) is 0 Å². The number of hydrogen-bond acceptors (Lipinski definition) is 1. The van der Waals surface area contributed by atoms with Gasteiger partial charge >= 0.3 is 0 Å². The molecule has 0 amide bonds. The van der Waals surface area contributed by atoms with Crippen molar-refractivity contribution in [1.82, 2.24) is 0 Å². The zero-order chi connectivity index (χ0) is 19.1. The van der Waals surface area contributed by atoms with Crippen LogP contribution in [-0.2, 0) is 0 Å². The Hall–Kier alpha value is -0.530. The van der Waals surface area contributed by atoms with Crippen LogP contribution in [0.25, 0.3) is 0 Å². The second-order valence-corrected chi connectivity index (χ2v) is 8.12. The normalized spacial score (nSPS) is 12.0. The summed E-state index contributed by atoms with van der Waals surface area (Å²) in [6.07, 6.45) is 28.3. The van der Waals surface area contributed by atoms with E-state index in [1.54, 1.807) is 0 Å². The van der Waals surface area contributed by atoms with Gasteiger partial charge in [-0.1, -0.05) is 117 Å². The molecule has 2 nitrogen and oxygen atoms in total. The summed E-state index contributed by atoms with van der Waals surface area (Å²) in [5.74, 6) is 0. The third-order valence-corrected chi connectivity index (χ3v) is 5.37. The molecule has 0 N–H and O–H groups in total. The second-order valence-electron chi connectivity index (χ2n) is 8.12. The Bertz CT molecular complexity index is 288. The van der Waals surface area contributed by atoms with Gasteiger partial charge < -0.3 is 5.21 Å². The highest BCUT2D eigenvalue weighted by molar-refractivity contribution is 5.50. The Labute approximate surface area is 165 Å². The van der Waals surface area contributed by atoms with Crippen molar-refractivity contribution in [3.63, 3.8) is 0 Å². The lowest BCUT2D eigenvalue weighted by Gasteiger charge is -2.05. The van der Waals surface area contributed by atoms with Crippen LogP contribution in [0.2, 0.25) is 0 Å². The molecule has 0 aliphatic rings. The van der Waals surface area contributed by atoms with Gasteiger partial charge in [0.1, 0.15) is 0 Å². The summed E-state index contributed by atoms with van der Waals surface area (Å²) >= 11 is 0. The Kier molecular flexibility index (Phi) is 22.1. The van der Waals surface area contributed by atoms with E-state index in [1.165, 1.54) is 120 Å². The monoisotopic (exact) mass is 367 g/mol. The molecule has 0 aliphatic heterocycles. The van der Waals surface area contributed by atoms with Crippen molar-refractivity contribution in [1.29, 1.82) is 0 Å². The predicted molar refractivity (Wildman–Crippen MR) is 118 cm³/mol. The highest BCUT2D eigenvalue weighted by Crippen LogP contribution is 2.11. The lowest BCUT2D eigenvalue weighted by atomic mass is 10.1. The maximum atomic E-state index is 11.8. The average molecular weight is 368 g/mol. The molecule has 0 heterocycles. The molecular formula is C24H49NO. The van der Waals surface area contributed by atoms with Gasteiger partial charge in [-0.15, -0.1) is 0 Å². The van der Waals surface area contributed by atoms with E-state index < -0.39 is 0 Å². The fourth-order valence-electron chi connectivity index (χ4n) is 3.54. The highest BCUT2D eigenvalue weighted by atomic mass is 16.5. The molecule has 0 aromatic carbocycles. The molecule has 0 saturated carbocycles. The quantitative estimate of drug-likeness (QED) is 0.0657. The first-order valence-corrected chi connectivity index (χ1v) is 12.1. The van der Waals surface area contributed by atoms with Gasteiger partial charge in [0.05, 0.1) is 0 Å². The minimum Gasteiger partial charge on any atom is -0.624 e. The van der Waals surface area contributed by atoms with Crippen LogP contribution in [0.4, 0.5) is 0 Å². The summed E-state index contributed by atoms with van der Waals surface area (Å²) in [5, 5.41) is 11.8. The lowest BCUT2D eigenvalue weighted by Crippen LogP contribution is -2.06. The Morgan fingerprint density at radius 3 is 1.27 bits per heavy atom. The van der Waals surface area contributed by atoms with E-state index in [1.807, 2.05) is 6.21 Å². The third-order valence-electron chi connectivity index (χ3n) is 5.37. The largest absolute Gasteiger partial charge is 0.624 e. The minimum absolute atomic E-state index is 0.702. The SMILES string of the molecule is CCCCCCCCCCC/C=[N+](\[O-])CCCCCCCCCCCC. The summed E-state index contributed by atoms with van der Waals surface area (Å²) in [7, 11) is 0. The van der Waals surface area contributed by atoms with Crippen molar-refractivity contribution in [2.75, 3.05) is 6.54 Å². The van der Waals surface area contributed by atoms with Gasteiger partial charge in [-0.05, 0) is 12.8 Å². The number of unbranched alkanes of at least 4 members (excludes halogenated alkanes) is 18. The fourth-order valence-corrected chi connectivity index (χ4v) is 3.54. The van der Waals surface area contributed by atoms with E-state index in [-0.39, 0.29) is 0 Å². The topological polar surface area (TPSA) is 26.1 Å². The highest BCUT2D eigenvalue weighted by Gasteiger charge is 1.97. The van der Waals surface area contributed by atoms with Gasteiger partial charge in [-0.3, -0.25) is 0 Å². The van der Waals surface area contributed by atoms with E-state index in [0.717, 1.165) is 12.8 Å². The molecule has 2 heteroatoms. The molecule has 0 rings (SSSR count). The molecular weight excluding hydrogens is 318 g/mol. The maximum absolute atomic E-state index is 11.8. The number of nitrogens with zero attached hydrogens (tertiary/aromatic N) is 1. The first-order valence-electron chi connectivity index (χ1n) is 12.1. The molecule has 156 valence electrons. The van der Waals surface area contributed by atoms with E-state index in [2.05, 4.69) is 13.8 Å². The predicted octanol–water partition coefficient (Wildman–Crippen LogP) is 8.41. The fraction of sp³-hybridized carbons (Fsp3) is 0.958. The van der Waals surface area contributed by atoms with Crippen molar-refractivity contribution >= 4 is 6.21 Å². The molecule has 0 aliphatic carbocycles. The number of rotatable bonds is 21. The Morgan fingerprint density at radius 2 is 0.846 bits per heavy atom. The van der Waals surface area contributed by atoms with Crippen LogP contribution in [-0.4, -0.2) is 17.5 Å². The van der Waals surface area contributed by atoms with Crippen LogP contribution < -0.4 is 0 Å². The summed E-state index contributed by atoms with van der Waals surface area (Å²) in [5.41, 5.74) is 0. The molecule has 0 radical (unpaired) electrons. The van der Waals surface area contributed by atoms with E-state index >= 15 is 0 Å². The van der Waals surface area contributed by atoms with E-state index in [0.29, 0.717) is 6.54 Å². The van der Waals surface area contributed by atoms with Crippen molar-refractivity contribution in [3.8, 4) is 0 Å². The van der Waals surface area contributed by atoms with Crippen LogP contribution in [0, 0.1) is 5.21 Å². The Morgan fingerprint density at radius 1 is 0.500 bits per heavy atom. The van der Waals surface area contributed by atoms with Gasteiger partial charge in [0.15, 0.2) is 12.8 Å². The van der Waals surface area contributed by atoms with Crippen molar-refractivity contribution in [2.24, 2.45) is 0 Å². The van der Waals surface area contributed by atoms with Crippen LogP contribution >= 0.6 is 0 Å². The average Bonchev–Trinajstić information content (AvgIpc) is 2.64. The summed E-state index contributed by atoms with van der Waals surface area (Å²) in [4.78, 5) is 0. The smallest absolute Gasteiger partial charge is 0.153 e. The molecule has 0 spiro atoms. The van der Waals surface area contributed by atoms with Crippen molar-refractivity contribution < 1.29 is 4.74 Å². The molecule has 0 fully saturated rings. The van der Waals surface area contributed by atoms with Crippen molar-refractivity contribution in [3.05, 3.63) is 5.21 Å². The van der Waals surface area contributed by atoms with Crippen molar-refractivity contribution in [2.45, 2.75) is 142 Å². The first-order chi connectivity index (χ1) is 12.8. The summed E-state index contributed by atoms with van der Waals surface area (Å²) in [6.45, 7) is 5.24. The molecule has 0 unspecified atom stereocenters. The zero-order valence-electron chi connectivity index (χ0n) is 18.3. The molecule has 0 atom stereocenters. The van der Waals surface area contributed by atoms with Gasteiger partial charge in [-0.2, -0.15) is 0 Å². The molecule has 0 bridgehead atoms. The van der Waals surface area contributed by atoms with Crippen LogP contribution in [0.3, 0.4) is 0 Å². The third kappa shape index (κ3) is 21.5. The summed E-state index contributed by atoms with van der Waals surface area (Å²) in [6, 6.07) is 0. The van der Waals surface area contributed by atoms with Crippen LogP contribution in [0.5, 0.6) is 0 Å². The maximum Gasteiger partial charge on any atom is 0.153 e. The van der Waals surface area contributed by atoms with Gasteiger partial charge in [0, 0.05) is 12.8 Å². The van der Waals surface area contributed by atoms with Gasteiger partial charge in [0.2, 0.25) is 0 Å². The lowest BCUT2D eigenvalue weighted by molar-refractivity contribution is -0.454. The zero-order valence-corrected chi connectivity index (χ0v) is 18.3. The van der Waals surface area contributed by atoms with Gasteiger partial charge in [-0.25, -0.2) is 4.74 Å². The first kappa shape index (κ1) is 25.5. The molecule has 0 aromatic heterocycles. The van der Waals surface area contributed by atoms with Gasteiger partial charge in [0.25, 0.3) is 0 Å². The van der Waals surface area contributed by atoms with Crippen LogP contribution in [0.15, 0.2) is 0 Å². The number of hydroxylamine groups is 1. The Balaban J connectivity index is 3.23. The summed E-state index contributed by atoms with van der Waals surface area (Å²) < 4.78 is 1.19. The molecule has 26 heavy (non-hydrogen) atoms. The standard InChI is InChI=1S/C24H49NO/c1-3-5-7-9-11-13-15-17-19-21-23-25(26)24-22-20-18-16-14-12-10-8-6-4-2/h23H,3-22,24H2,1-2H3/b25-23-. The second kappa shape index (κ2) is 22.5. The number of hydrogen-bond donors (Lipinski definition) is 0. The molecule has 0 saturated heterocycles. The van der Waals surface area contributed by atoms with E-state index in [9.17, 15) is 5.21 Å². The van der Waals surface area contributed by atoms with Crippen LogP contribution in [0.1, 0.15) is 142 Å². The molecule has 0 aromatic rings.